The maximum absolute atomic E-state index is 6.23. The maximum Gasteiger partial charge on any atom is 0.188 e. The summed E-state index contributed by atoms with van der Waals surface area (Å²) in [4.78, 5) is 5.47. The van der Waals surface area contributed by atoms with Crippen LogP contribution in [0.15, 0.2) is 21.6 Å². The largest absolute Gasteiger partial charge is 0.484 e. The topological polar surface area (TPSA) is 21.6 Å². The lowest BCUT2D eigenvalue weighted by molar-refractivity contribution is 0.385. The van der Waals surface area contributed by atoms with E-state index in [2.05, 4.69) is 24.2 Å². The van der Waals surface area contributed by atoms with Crippen LogP contribution in [0, 0.1) is 13.8 Å². The number of nitrogens with zero attached hydrogens (tertiary/aromatic N) is 1. The molecule has 0 radical (unpaired) electrons. The number of aryl methyl sites for hydroxylation is 1. The van der Waals surface area contributed by atoms with E-state index >= 15 is 0 Å². The first-order chi connectivity index (χ1) is 7.63. The summed E-state index contributed by atoms with van der Waals surface area (Å²) in [5.41, 5.74) is 2.66. The molecule has 0 aromatic carbocycles. The lowest BCUT2D eigenvalue weighted by Crippen LogP contribution is -2.12. The van der Waals surface area contributed by atoms with E-state index in [1.807, 2.05) is 0 Å². The molecule has 0 fully saturated rings. The van der Waals surface area contributed by atoms with Gasteiger partial charge in [-0.05, 0) is 30.4 Å². The van der Waals surface area contributed by atoms with Gasteiger partial charge >= 0.3 is 0 Å². The molecule has 2 rings (SSSR count). The van der Waals surface area contributed by atoms with Crippen molar-refractivity contribution in [2.24, 2.45) is 4.99 Å². The Labute approximate surface area is 105 Å². The first-order valence-electron chi connectivity index (χ1n) is 5.14. The van der Waals surface area contributed by atoms with Gasteiger partial charge in [0.1, 0.15) is 0 Å². The van der Waals surface area contributed by atoms with Crippen molar-refractivity contribution >= 4 is 28.8 Å². The summed E-state index contributed by atoms with van der Waals surface area (Å²) in [6.45, 7) is 4.27. The van der Waals surface area contributed by atoms with Gasteiger partial charge < -0.3 is 4.74 Å². The fourth-order valence-electron chi connectivity index (χ4n) is 1.77. The molecule has 0 saturated heterocycles. The second-order valence-electron chi connectivity index (χ2n) is 3.91. The molecule has 0 bridgehead atoms. The van der Waals surface area contributed by atoms with Gasteiger partial charge in [-0.2, -0.15) is 0 Å². The Morgan fingerprint density at radius 3 is 2.81 bits per heavy atom. The number of hydrogen-bond donors (Lipinski definition) is 0. The predicted octanol–water partition coefficient (Wildman–Crippen LogP) is 3.98. The van der Waals surface area contributed by atoms with Crippen LogP contribution in [0.25, 0.3) is 0 Å². The summed E-state index contributed by atoms with van der Waals surface area (Å²) >= 11 is 7.99. The summed E-state index contributed by atoms with van der Waals surface area (Å²) in [6, 6.07) is 0. The number of allylic oxidation sites excluding steroid dienone is 1. The van der Waals surface area contributed by atoms with E-state index in [0.29, 0.717) is 0 Å². The lowest BCUT2D eigenvalue weighted by atomic mass is 9.97. The zero-order valence-corrected chi connectivity index (χ0v) is 11.2. The minimum atomic E-state index is 0.216. The van der Waals surface area contributed by atoms with Gasteiger partial charge in [0, 0.05) is 28.4 Å². The SMILES string of the molecule is COC1=NC=C(Cl)C(c2scc(C)c2C)C1. The first kappa shape index (κ1) is 11.7. The second-order valence-corrected chi connectivity index (χ2v) is 5.25. The Bertz CT molecular complexity index is 462. The van der Waals surface area contributed by atoms with Crippen molar-refractivity contribution in [3.8, 4) is 0 Å². The van der Waals surface area contributed by atoms with Gasteiger partial charge in [-0.3, -0.25) is 0 Å². The molecule has 0 N–H and O–H groups in total. The first-order valence-corrected chi connectivity index (χ1v) is 6.40. The zero-order chi connectivity index (χ0) is 11.7. The highest BCUT2D eigenvalue weighted by Crippen LogP contribution is 2.39. The van der Waals surface area contributed by atoms with E-state index in [1.165, 1.54) is 16.0 Å². The summed E-state index contributed by atoms with van der Waals surface area (Å²) in [5.74, 6) is 0.965. The normalized spacial score (nSPS) is 20.4. The van der Waals surface area contributed by atoms with Crippen LogP contribution >= 0.6 is 22.9 Å². The molecule has 1 aromatic heterocycles. The molecule has 1 aromatic rings. The third-order valence-electron chi connectivity index (χ3n) is 2.92. The molecule has 1 aliphatic rings. The molecular weight excluding hydrogens is 242 g/mol. The van der Waals surface area contributed by atoms with Gasteiger partial charge in [-0.15, -0.1) is 11.3 Å². The number of aliphatic imine (C=N–C) groups is 1. The molecule has 0 saturated carbocycles. The standard InChI is InChI=1S/C12H14ClNOS/c1-7-6-16-12(8(7)2)9-4-11(15-3)14-5-10(9)13/h5-6,9H,4H2,1-3H3. The summed E-state index contributed by atoms with van der Waals surface area (Å²) < 4.78 is 5.19. The van der Waals surface area contributed by atoms with Crippen molar-refractivity contribution in [1.29, 1.82) is 0 Å². The number of thiophene rings is 1. The smallest absolute Gasteiger partial charge is 0.188 e. The van der Waals surface area contributed by atoms with Crippen molar-refractivity contribution in [2.45, 2.75) is 26.2 Å². The molecule has 2 nitrogen and oxygen atoms in total. The van der Waals surface area contributed by atoms with Gasteiger partial charge in [0.15, 0.2) is 5.90 Å². The highest BCUT2D eigenvalue weighted by molar-refractivity contribution is 7.10. The van der Waals surface area contributed by atoms with E-state index in [0.717, 1.165) is 17.4 Å². The van der Waals surface area contributed by atoms with Crippen LogP contribution in [0.1, 0.15) is 28.3 Å². The average molecular weight is 256 g/mol. The zero-order valence-electron chi connectivity index (χ0n) is 9.58. The van der Waals surface area contributed by atoms with E-state index in [4.69, 9.17) is 16.3 Å². The molecule has 86 valence electrons. The van der Waals surface area contributed by atoms with Crippen molar-refractivity contribution in [3.63, 3.8) is 0 Å². The van der Waals surface area contributed by atoms with Gasteiger partial charge in [0.25, 0.3) is 0 Å². The fourth-order valence-corrected chi connectivity index (χ4v) is 3.26. The monoisotopic (exact) mass is 255 g/mol. The van der Waals surface area contributed by atoms with Crippen molar-refractivity contribution in [1.82, 2.24) is 0 Å². The lowest BCUT2D eigenvalue weighted by Gasteiger charge is -2.19. The third-order valence-corrected chi connectivity index (χ3v) is 4.60. The van der Waals surface area contributed by atoms with Crippen LogP contribution in [0.4, 0.5) is 0 Å². The molecule has 16 heavy (non-hydrogen) atoms. The van der Waals surface area contributed by atoms with E-state index in [1.54, 1.807) is 24.6 Å². The molecular formula is C12H14ClNOS. The van der Waals surface area contributed by atoms with Gasteiger partial charge in [-0.1, -0.05) is 11.6 Å². The van der Waals surface area contributed by atoms with Gasteiger partial charge in [0.2, 0.25) is 0 Å². The average Bonchev–Trinajstić information content (AvgIpc) is 2.61. The fraction of sp³-hybridized carbons (Fsp3) is 0.417. The molecule has 1 unspecified atom stereocenters. The number of hydrogen-bond acceptors (Lipinski definition) is 3. The summed E-state index contributed by atoms with van der Waals surface area (Å²) in [7, 11) is 1.65. The number of rotatable bonds is 1. The summed E-state index contributed by atoms with van der Waals surface area (Å²) in [5, 5.41) is 2.97. The molecule has 2 heterocycles. The van der Waals surface area contributed by atoms with Crippen molar-refractivity contribution < 1.29 is 4.74 Å². The highest BCUT2D eigenvalue weighted by Gasteiger charge is 2.25. The van der Waals surface area contributed by atoms with Crippen molar-refractivity contribution in [3.05, 3.63) is 32.6 Å². The minimum Gasteiger partial charge on any atom is -0.484 e. The minimum absolute atomic E-state index is 0.216. The molecule has 1 atom stereocenters. The van der Waals surface area contributed by atoms with E-state index in [-0.39, 0.29) is 5.92 Å². The number of methoxy groups -OCH3 is 1. The summed E-state index contributed by atoms with van der Waals surface area (Å²) in [6.07, 6.45) is 2.45. The maximum atomic E-state index is 6.23. The Morgan fingerprint density at radius 2 is 2.25 bits per heavy atom. The Hall–Kier alpha value is -0.800. The van der Waals surface area contributed by atoms with Crippen molar-refractivity contribution in [2.75, 3.05) is 7.11 Å². The van der Waals surface area contributed by atoms with Crippen LogP contribution in [-0.4, -0.2) is 13.0 Å². The Balaban J connectivity index is 2.33. The third kappa shape index (κ3) is 2.02. The Morgan fingerprint density at radius 1 is 1.50 bits per heavy atom. The van der Waals surface area contributed by atoms with Crippen LogP contribution in [0.3, 0.4) is 0 Å². The Kier molecular flexibility index (Phi) is 3.36. The quantitative estimate of drug-likeness (QED) is 0.744. The second kappa shape index (κ2) is 4.60. The number of halogens is 1. The van der Waals surface area contributed by atoms with Crippen LogP contribution < -0.4 is 0 Å². The number of ether oxygens (including phenoxy) is 1. The van der Waals surface area contributed by atoms with E-state index < -0.39 is 0 Å². The molecule has 0 aliphatic carbocycles. The van der Waals surface area contributed by atoms with Crippen LogP contribution in [0.5, 0.6) is 0 Å². The van der Waals surface area contributed by atoms with Crippen LogP contribution in [0.2, 0.25) is 0 Å². The van der Waals surface area contributed by atoms with Crippen LogP contribution in [-0.2, 0) is 4.74 Å². The van der Waals surface area contributed by atoms with Gasteiger partial charge in [0.05, 0.1) is 7.11 Å². The van der Waals surface area contributed by atoms with E-state index in [9.17, 15) is 0 Å². The molecule has 1 aliphatic heterocycles. The molecule has 4 heteroatoms. The molecule has 0 amide bonds. The molecule has 0 spiro atoms. The highest BCUT2D eigenvalue weighted by atomic mass is 35.5. The van der Waals surface area contributed by atoms with Gasteiger partial charge in [-0.25, -0.2) is 4.99 Å². The predicted molar refractivity (Wildman–Crippen MR) is 69.5 cm³/mol.